The van der Waals surface area contributed by atoms with Gasteiger partial charge in [-0.25, -0.2) is 9.59 Å². The zero-order valence-corrected chi connectivity index (χ0v) is 31.8. The van der Waals surface area contributed by atoms with Crippen molar-refractivity contribution in [1.82, 2.24) is 16.0 Å². The minimum atomic E-state index is -2.47. The fourth-order valence-electron chi connectivity index (χ4n) is 5.35. The Bertz CT molecular complexity index is 1480. The molecule has 4 unspecified atom stereocenters. The second-order valence-electron chi connectivity index (χ2n) is 12.5. The lowest BCUT2D eigenvalue weighted by Gasteiger charge is -2.46. The first-order valence-corrected chi connectivity index (χ1v) is 18.4. The van der Waals surface area contributed by atoms with Crippen molar-refractivity contribution in [1.29, 1.82) is 0 Å². The summed E-state index contributed by atoms with van der Waals surface area (Å²) >= 11 is 5.90. The van der Waals surface area contributed by atoms with E-state index in [4.69, 9.17) is 51.2 Å². The molecule has 6 atom stereocenters. The minimum Gasteiger partial charge on any atom is -0.477 e. The number of rotatable bonds is 27. The van der Waals surface area contributed by atoms with Gasteiger partial charge in [-0.15, -0.1) is 6.42 Å². The number of aliphatic hydroxyl groups excluding tert-OH is 3. The summed E-state index contributed by atoms with van der Waals surface area (Å²) < 4.78 is 38.3. The van der Waals surface area contributed by atoms with E-state index in [0.29, 0.717) is 55.8 Å². The van der Waals surface area contributed by atoms with Gasteiger partial charge in [-0.3, -0.25) is 4.79 Å². The molecule has 0 radical (unpaired) electrons. The summed E-state index contributed by atoms with van der Waals surface area (Å²) in [6, 6.07) is 13.0. The molecule has 3 rings (SSSR count). The van der Waals surface area contributed by atoms with E-state index < -0.39 is 67.1 Å². The molecule has 1 fully saturated rings. The van der Waals surface area contributed by atoms with E-state index >= 15 is 0 Å². The van der Waals surface area contributed by atoms with Crippen molar-refractivity contribution in [2.75, 3.05) is 79.2 Å². The van der Waals surface area contributed by atoms with Crippen LogP contribution in [-0.4, -0.2) is 154 Å². The van der Waals surface area contributed by atoms with Gasteiger partial charge in [-0.1, -0.05) is 60.0 Å². The van der Waals surface area contributed by atoms with Crippen LogP contribution >= 0.6 is 11.6 Å². The number of carboxylic acids is 1. The van der Waals surface area contributed by atoms with Gasteiger partial charge >= 0.3 is 12.0 Å². The Labute approximate surface area is 330 Å². The lowest BCUT2D eigenvalue weighted by Crippen LogP contribution is -2.68. The van der Waals surface area contributed by atoms with E-state index in [0.717, 1.165) is 0 Å². The summed E-state index contributed by atoms with van der Waals surface area (Å²) in [4.78, 5) is 38.1. The van der Waals surface area contributed by atoms with Crippen LogP contribution < -0.4 is 16.0 Å². The molecule has 1 heterocycles. The molecule has 0 saturated carbocycles. The number of halogens is 1. The maximum Gasteiger partial charge on any atom is 0.364 e. The third-order valence-electron chi connectivity index (χ3n) is 8.23. The number of carboxylic acid groups (broad SMARTS) is 1. The standard InChI is InChI=1S/C38H52ClN3O14/c1-2-13-50-15-17-52-19-21-54-22-20-53-18-16-51-14-12-40-37(49)42-33-30(43)24-38(36(47)48,55-26-28-6-4-3-5-7-28)56-35(33)34(46)31(44)25-41-32(45)23-27-8-10-29(39)11-9-27/h1,3-11,30-31,33-35,43-44,46H,12-26H2,(H,41,45)(H,47,48)(H2,40,42,49)/t30?,31-,33?,34-,35?,38?/m1/s1. The van der Waals surface area contributed by atoms with Gasteiger partial charge in [0.2, 0.25) is 5.91 Å². The van der Waals surface area contributed by atoms with Crippen LogP contribution in [0.4, 0.5) is 4.79 Å². The Balaban J connectivity index is 1.48. The first kappa shape index (κ1) is 46.5. The van der Waals surface area contributed by atoms with Crippen molar-refractivity contribution >= 4 is 29.5 Å². The smallest absolute Gasteiger partial charge is 0.364 e. The second-order valence-corrected chi connectivity index (χ2v) is 12.9. The Morgan fingerprint density at radius 3 is 2.04 bits per heavy atom. The van der Waals surface area contributed by atoms with E-state index in [2.05, 4.69) is 21.9 Å². The summed E-state index contributed by atoms with van der Waals surface area (Å²) in [5.41, 5.74) is 1.25. The predicted molar refractivity (Wildman–Crippen MR) is 201 cm³/mol. The summed E-state index contributed by atoms with van der Waals surface area (Å²) in [7, 11) is 0. The molecular weight excluding hydrogens is 758 g/mol. The van der Waals surface area contributed by atoms with Crippen molar-refractivity contribution in [3.63, 3.8) is 0 Å². The van der Waals surface area contributed by atoms with Crippen LogP contribution in [0.1, 0.15) is 17.5 Å². The van der Waals surface area contributed by atoms with Gasteiger partial charge in [0.15, 0.2) is 0 Å². The summed E-state index contributed by atoms with van der Waals surface area (Å²) in [5, 5.41) is 51.7. The van der Waals surface area contributed by atoms with E-state index in [-0.39, 0.29) is 46.0 Å². The number of terminal acetylenes is 1. The average Bonchev–Trinajstić information content (AvgIpc) is 3.19. The number of hydrogen-bond acceptors (Lipinski definition) is 13. The van der Waals surface area contributed by atoms with E-state index in [1.165, 1.54) is 0 Å². The van der Waals surface area contributed by atoms with Crippen LogP contribution in [0.5, 0.6) is 0 Å². The van der Waals surface area contributed by atoms with Crippen LogP contribution in [0.25, 0.3) is 0 Å². The number of aliphatic carboxylic acids is 1. The highest BCUT2D eigenvalue weighted by molar-refractivity contribution is 6.30. The van der Waals surface area contributed by atoms with Gasteiger partial charge < -0.3 is 69.5 Å². The van der Waals surface area contributed by atoms with E-state index in [9.17, 15) is 34.8 Å². The second kappa shape index (κ2) is 26.1. The van der Waals surface area contributed by atoms with Crippen molar-refractivity contribution in [3.05, 3.63) is 70.7 Å². The predicted octanol–water partition coefficient (Wildman–Crippen LogP) is 0.252. The number of amides is 3. The Hall–Kier alpha value is -3.90. The van der Waals surface area contributed by atoms with Gasteiger partial charge in [0.25, 0.3) is 5.79 Å². The molecule has 3 amide bonds. The van der Waals surface area contributed by atoms with Crippen LogP contribution in [0.2, 0.25) is 5.02 Å². The van der Waals surface area contributed by atoms with Gasteiger partial charge in [0.1, 0.15) is 18.8 Å². The number of benzene rings is 2. The Morgan fingerprint density at radius 2 is 1.45 bits per heavy atom. The van der Waals surface area contributed by atoms with Gasteiger partial charge in [0, 0.05) is 24.5 Å². The maximum atomic E-state index is 12.9. The normalized spacial score (nSPS) is 20.4. The monoisotopic (exact) mass is 809 g/mol. The first-order chi connectivity index (χ1) is 27.0. The van der Waals surface area contributed by atoms with E-state index in [1.54, 1.807) is 54.6 Å². The van der Waals surface area contributed by atoms with Crippen molar-refractivity contribution in [3.8, 4) is 12.3 Å². The highest BCUT2D eigenvalue weighted by Crippen LogP contribution is 2.34. The number of carbonyl (C=O) groups excluding carboxylic acids is 2. The Kier molecular flexibility index (Phi) is 21.7. The molecule has 310 valence electrons. The Morgan fingerprint density at radius 1 is 0.857 bits per heavy atom. The molecule has 7 N–H and O–H groups in total. The molecule has 0 aliphatic carbocycles. The fraction of sp³-hybridized carbons (Fsp3) is 0.553. The third-order valence-corrected chi connectivity index (χ3v) is 8.49. The number of urea groups is 1. The molecule has 17 nitrogen and oxygen atoms in total. The molecule has 1 aliphatic heterocycles. The first-order valence-electron chi connectivity index (χ1n) is 18.1. The maximum absolute atomic E-state index is 12.9. The number of nitrogens with one attached hydrogen (secondary N) is 3. The van der Waals surface area contributed by atoms with Crippen LogP contribution in [0.15, 0.2) is 54.6 Å². The molecular formula is C38H52ClN3O14. The minimum absolute atomic E-state index is 0.0428. The molecule has 2 aromatic rings. The molecule has 0 bridgehead atoms. The topological polar surface area (TPSA) is 233 Å². The SMILES string of the molecule is C#CCOCCOCCOCCOCCOCCNC(=O)NC1C(O)CC(OCc2ccccc2)(C(=O)O)OC1[C@H](O)[C@H](O)CNC(=O)Cc1ccc(Cl)cc1. The average molecular weight is 810 g/mol. The number of aliphatic hydroxyl groups is 3. The zero-order valence-electron chi connectivity index (χ0n) is 31.0. The zero-order chi connectivity index (χ0) is 40.6. The highest BCUT2D eigenvalue weighted by Gasteiger charge is 2.56. The van der Waals surface area contributed by atoms with Gasteiger partial charge in [-0.05, 0) is 23.3 Å². The largest absolute Gasteiger partial charge is 0.477 e. The van der Waals surface area contributed by atoms with Crippen LogP contribution in [0.3, 0.4) is 0 Å². The van der Waals surface area contributed by atoms with Gasteiger partial charge in [0.05, 0.1) is 90.7 Å². The molecule has 0 spiro atoms. The fourth-order valence-corrected chi connectivity index (χ4v) is 5.47. The lowest BCUT2D eigenvalue weighted by molar-refractivity contribution is -0.313. The molecule has 0 aromatic heterocycles. The quantitative estimate of drug-likeness (QED) is 0.0474. The molecule has 18 heteroatoms. The van der Waals surface area contributed by atoms with Crippen molar-refractivity contribution < 1.29 is 68.0 Å². The highest BCUT2D eigenvalue weighted by atomic mass is 35.5. The van der Waals surface area contributed by atoms with Crippen molar-refractivity contribution in [2.45, 2.75) is 55.7 Å². The summed E-state index contributed by atoms with van der Waals surface area (Å²) in [6.45, 7) is 2.59. The number of ether oxygens (including phenoxy) is 7. The molecule has 56 heavy (non-hydrogen) atoms. The molecule has 1 saturated heterocycles. The number of carbonyl (C=O) groups is 3. The van der Waals surface area contributed by atoms with Crippen LogP contribution in [0, 0.1) is 12.3 Å². The number of hydrogen-bond donors (Lipinski definition) is 7. The molecule has 2 aromatic carbocycles. The molecule has 1 aliphatic rings. The van der Waals surface area contributed by atoms with Crippen LogP contribution in [-0.2, 0) is 55.8 Å². The van der Waals surface area contributed by atoms with Gasteiger partial charge in [-0.2, -0.15) is 0 Å². The third kappa shape index (κ3) is 17.1. The summed E-state index contributed by atoms with van der Waals surface area (Å²) in [6.07, 6.45) is -2.59. The van der Waals surface area contributed by atoms with E-state index in [1.807, 2.05) is 0 Å². The summed E-state index contributed by atoms with van der Waals surface area (Å²) in [5.74, 6) is -2.19. The van der Waals surface area contributed by atoms with Crippen molar-refractivity contribution in [2.24, 2.45) is 0 Å². The lowest BCUT2D eigenvalue weighted by atomic mass is 9.88.